The molecule has 0 aliphatic heterocycles. The van der Waals surface area contributed by atoms with Crippen LogP contribution in [0.25, 0.3) is 16.7 Å². The Morgan fingerprint density at radius 3 is 2.90 bits per heavy atom. The first-order chi connectivity index (χ1) is 10.2. The lowest BCUT2D eigenvalue weighted by molar-refractivity contribution is 0.112. The van der Waals surface area contributed by atoms with E-state index in [-0.39, 0.29) is 0 Å². The van der Waals surface area contributed by atoms with Crippen LogP contribution in [0.4, 0.5) is 0 Å². The largest absolute Gasteiger partial charge is 0.492 e. The smallest absolute Gasteiger partial charge is 0.152 e. The summed E-state index contributed by atoms with van der Waals surface area (Å²) < 4.78 is 7.49. The number of aldehydes is 1. The summed E-state index contributed by atoms with van der Waals surface area (Å²) in [6.07, 6.45) is 2.46. The third-order valence-electron chi connectivity index (χ3n) is 3.19. The molecular formula is C16H13ClN2O2. The van der Waals surface area contributed by atoms with E-state index in [0.29, 0.717) is 28.6 Å². The van der Waals surface area contributed by atoms with E-state index in [9.17, 15) is 4.79 Å². The second-order valence-electron chi connectivity index (χ2n) is 4.50. The van der Waals surface area contributed by atoms with E-state index >= 15 is 0 Å². The molecule has 0 bridgehead atoms. The van der Waals surface area contributed by atoms with Gasteiger partial charge in [-0.05, 0) is 25.1 Å². The summed E-state index contributed by atoms with van der Waals surface area (Å²) in [4.78, 5) is 15.8. The number of hydrogen-bond acceptors (Lipinski definition) is 3. The number of carbonyl (C=O) groups is 1. The van der Waals surface area contributed by atoms with Gasteiger partial charge in [0.2, 0.25) is 0 Å². The molecular weight excluding hydrogens is 288 g/mol. The summed E-state index contributed by atoms with van der Waals surface area (Å²) in [7, 11) is 0. The van der Waals surface area contributed by atoms with E-state index in [4.69, 9.17) is 16.3 Å². The molecule has 0 saturated carbocycles. The molecule has 2 aromatic carbocycles. The molecule has 0 saturated heterocycles. The van der Waals surface area contributed by atoms with Gasteiger partial charge in [-0.25, -0.2) is 4.98 Å². The minimum atomic E-state index is 0.466. The Bertz CT molecular complexity index is 811. The van der Waals surface area contributed by atoms with Crippen molar-refractivity contribution in [1.82, 2.24) is 9.55 Å². The standard InChI is InChI=1S/C16H13ClN2O2/c1-2-21-15-8-12(17)7-11(9-20)16(15)19-10-18-13-5-3-4-6-14(13)19/h3-10H,2H2,1H3. The maximum atomic E-state index is 11.4. The lowest BCUT2D eigenvalue weighted by Crippen LogP contribution is -2.03. The summed E-state index contributed by atoms with van der Waals surface area (Å²) >= 11 is 6.05. The SMILES string of the molecule is CCOc1cc(Cl)cc(C=O)c1-n1cnc2ccccc21. The van der Waals surface area contributed by atoms with Crippen LogP contribution in [0.15, 0.2) is 42.7 Å². The zero-order valence-electron chi connectivity index (χ0n) is 11.4. The number of imidazole rings is 1. The maximum absolute atomic E-state index is 11.4. The lowest BCUT2D eigenvalue weighted by Gasteiger charge is -2.14. The Morgan fingerprint density at radius 2 is 2.14 bits per heavy atom. The molecule has 0 radical (unpaired) electrons. The molecule has 3 rings (SSSR count). The number of nitrogens with zero attached hydrogens (tertiary/aromatic N) is 2. The molecule has 1 aromatic heterocycles. The molecule has 0 aliphatic carbocycles. The number of aromatic nitrogens is 2. The summed E-state index contributed by atoms with van der Waals surface area (Å²) in [5.41, 5.74) is 2.88. The van der Waals surface area contributed by atoms with E-state index in [1.54, 1.807) is 18.5 Å². The first-order valence-electron chi connectivity index (χ1n) is 6.58. The third kappa shape index (κ3) is 2.38. The average molecular weight is 301 g/mol. The molecule has 5 heteroatoms. The highest BCUT2D eigenvalue weighted by atomic mass is 35.5. The predicted molar refractivity (Wildman–Crippen MR) is 82.6 cm³/mol. The van der Waals surface area contributed by atoms with Crippen LogP contribution in [-0.2, 0) is 0 Å². The third-order valence-corrected chi connectivity index (χ3v) is 3.41. The normalized spacial score (nSPS) is 10.8. The Labute approximate surface area is 126 Å². The average Bonchev–Trinajstić information content (AvgIpc) is 2.91. The van der Waals surface area contributed by atoms with Crippen molar-refractivity contribution >= 4 is 28.9 Å². The number of para-hydroxylation sites is 2. The summed E-state index contributed by atoms with van der Waals surface area (Å²) in [5, 5.41) is 0.466. The van der Waals surface area contributed by atoms with Crippen LogP contribution < -0.4 is 4.74 Å². The summed E-state index contributed by atoms with van der Waals surface area (Å²) in [6, 6.07) is 11.1. The first kappa shape index (κ1) is 13.6. The Hall–Kier alpha value is -2.33. The molecule has 0 atom stereocenters. The van der Waals surface area contributed by atoms with Crippen molar-refractivity contribution in [3.05, 3.63) is 53.3 Å². The van der Waals surface area contributed by atoms with Crippen molar-refractivity contribution in [2.45, 2.75) is 6.92 Å². The minimum Gasteiger partial charge on any atom is -0.492 e. The van der Waals surface area contributed by atoms with Crippen LogP contribution in [0.3, 0.4) is 0 Å². The van der Waals surface area contributed by atoms with Crippen molar-refractivity contribution in [3.8, 4) is 11.4 Å². The highest BCUT2D eigenvalue weighted by Crippen LogP contribution is 2.32. The molecule has 0 aliphatic rings. The van der Waals surface area contributed by atoms with Gasteiger partial charge in [0, 0.05) is 16.7 Å². The highest BCUT2D eigenvalue weighted by Gasteiger charge is 2.15. The molecule has 21 heavy (non-hydrogen) atoms. The van der Waals surface area contributed by atoms with Crippen LogP contribution in [0.2, 0.25) is 5.02 Å². The van der Waals surface area contributed by atoms with Crippen molar-refractivity contribution in [2.24, 2.45) is 0 Å². The van der Waals surface area contributed by atoms with Gasteiger partial charge < -0.3 is 4.74 Å². The molecule has 0 spiro atoms. The van der Waals surface area contributed by atoms with Gasteiger partial charge in [-0.1, -0.05) is 23.7 Å². The topological polar surface area (TPSA) is 44.1 Å². The van der Waals surface area contributed by atoms with Crippen LogP contribution in [0.1, 0.15) is 17.3 Å². The molecule has 3 aromatic rings. The fourth-order valence-corrected chi connectivity index (χ4v) is 2.56. The van der Waals surface area contributed by atoms with Crippen LogP contribution in [0, 0.1) is 0 Å². The van der Waals surface area contributed by atoms with Gasteiger partial charge in [0.15, 0.2) is 6.29 Å². The molecule has 0 unspecified atom stereocenters. The number of ether oxygens (including phenoxy) is 1. The van der Waals surface area contributed by atoms with Gasteiger partial charge in [0.1, 0.15) is 12.1 Å². The predicted octanol–water partition coefficient (Wildman–Crippen LogP) is 3.89. The van der Waals surface area contributed by atoms with Gasteiger partial charge in [-0.15, -0.1) is 0 Å². The summed E-state index contributed by atoms with van der Waals surface area (Å²) in [6.45, 7) is 2.37. The fourth-order valence-electron chi connectivity index (χ4n) is 2.34. The van der Waals surface area contributed by atoms with Crippen LogP contribution in [0.5, 0.6) is 5.75 Å². The van der Waals surface area contributed by atoms with E-state index in [1.165, 1.54) is 0 Å². The summed E-state index contributed by atoms with van der Waals surface area (Å²) in [5.74, 6) is 0.565. The van der Waals surface area contributed by atoms with Crippen molar-refractivity contribution in [3.63, 3.8) is 0 Å². The number of rotatable bonds is 4. The second kappa shape index (κ2) is 5.58. The quantitative estimate of drug-likeness (QED) is 0.687. The molecule has 0 fully saturated rings. The van der Waals surface area contributed by atoms with Crippen molar-refractivity contribution in [2.75, 3.05) is 6.61 Å². The number of benzene rings is 2. The monoisotopic (exact) mass is 300 g/mol. The van der Waals surface area contributed by atoms with Gasteiger partial charge >= 0.3 is 0 Å². The number of carbonyl (C=O) groups excluding carboxylic acids is 1. The zero-order chi connectivity index (χ0) is 14.8. The Kier molecular flexibility index (Phi) is 3.62. The van der Waals surface area contributed by atoms with Crippen LogP contribution in [-0.4, -0.2) is 22.4 Å². The minimum absolute atomic E-state index is 0.466. The number of fused-ring (bicyclic) bond motifs is 1. The highest BCUT2D eigenvalue weighted by molar-refractivity contribution is 6.31. The molecule has 1 heterocycles. The van der Waals surface area contributed by atoms with E-state index < -0.39 is 0 Å². The fraction of sp³-hybridized carbons (Fsp3) is 0.125. The van der Waals surface area contributed by atoms with Gasteiger partial charge in [0.05, 0.1) is 23.3 Å². The van der Waals surface area contributed by atoms with Crippen molar-refractivity contribution < 1.29 is 9.53 Å². The van der Waals surface area contributed by atoms with E-state index in [2.05, 4.69) is 4.98 Å². The molecule has 4 nitrogen and oxygen atoms in total. The maximum Gasteiger partial charge on any atom is 0.152 e. The molecule has 0 N–H and O–H groups in total. The first-order valence-corrected chi connectivity index (χ1v) is 6.96. The molecule has 0 amide bonds. The lowest BCUT2D eigenvalue weighted by atomic mass is 10.1. The Morgan fingerprint density at radius 1 is 1.33 bits per heavy atom. The number of hydrogen-bond donors (Lipinski definition) is 0. The van der Waals surface area contributed by atoms with E-state index in [0.717, 1.165) is 17.3 Å². The zero-order valence-corrected chi connectivity index (χ0v) is 12.2. The number of halogens is 1. The second-order valence-corrected chi connectivity index (χ2v) is 4.93. The van der Waals surface area contributed by atoms with Crippen LogP contribution >= 0.6 is 11.6 Å². The van der Waals surface area contributed by atoms with Gasteiger partial charge in [-0.3, -0.25) is 9.36 Å². The molecule has 106 valence electrons. The van der Waals surface area contributed by atoms with E-state index in [1.807, 2.05) is 35.8 Å². The van der Waals surface area contributed by atoms with Crippen molar-refractivity contribution in [1.29, 1.82) is 0 Å². The Balaban J connectivity index is 2.32. The van der Waals surface area contributed by atoms with Gasteiger partial charge in [0.25, 0.3) is 0 Å². The van der Waals surface area contributed by atoms with Gasteiger partial charge in [-0.2, -0.15) is 0 Å².